The number of nitrogens with one attached hydrogen (secondary N) is 1. The van der Waals surface area contributed by atoms with Gasteiger partial charge in [0.15, 0.2) is 0 Å². The van der Waals surface area contributed by atoms with Crippen LogP contribution in [-0.2, 0) is 4.79 Å². The Morgan fingerprint density at radius 1 is 1.46 bits per heavy atom. The van der Waals surface area contributed by atoms with Crippen molar-refractivity contribution >= 4 is 23.2 Å². The highest BCUT2D eigenvalue weighted by molar-refractivity contribution is 6.31. The normalized spacial score (nSPS) is 16.6. The third-order valence-corrected chi connectivity index (χ3v) is 4.55. The monoisotopic (exact) mass is 349 g/mol. The van der Waals surface area contributed by atoms with Crippen LogP contribution < -0.4 is 5.32 Å². The highest BCUT2D eigenvalue weighted by Gasteiger charge is 2.24. The quantitative estimate of drug-likeness (QED) is 0.827. The number of anilines is 1. The summed E-state index contributed by atoms with van der Waals surface area (Å²) in [5.74, 6) is -0.194. The van der Waals surface area contributed by atoms with Crippen LogP contribution in [-0.4, -0.2) is 41.1 Å². The van der Waals surface area contributed by atoms with Gasteiger partial charge in [-0.1, -0.05) is 30.9 Å². The van der Waals surface area contributed by atoms with Gasteiger partial charge in [-0.3, -0.25) is 9.69 Å². The number of benzene rings is 1. The van der Waals surface area contributed by atoms with Crippen LogP contribution >= 0.6 is 11.6 Å². The number of hydrogen-bond acceptors (Lipinski definition) is 4. The molecule has 1 unspecified atom stereocenters. The second-order valence-electron chi connectivity index (χ2n) is 6.42. The fraction of sp³-hybridized carbons (Fsp3) is 0.556. The standard InChI is InChI=1S/C18H24ClN3O2/c1-13(23)11-22(16-5-3-2-4-6-16)12-18(24)21-17-9-15(19)8-7-14(17)10-20/h7-9,13,16,23H,2-6,11-12H2,1H3,(H,21,24). The summed E-state index contributed by atoms with van der Waals surface area (Å²) in [4.78, 5) is 14.5. The number of nitriles is 1. The van der Waals surface area contributed by atoms with E-state index in [0.717, 1.165) is 25.7 Å². The average Bonchev–Trinajstić information content (AvgIpc) is 2.55. The molecular weight excluding hydrogens is 326 g/mol. The highest BCUT2D eigenvalue weighted by atomic mass is 35.5. The fourth-order valence-electron chi connectivity index (χ4n) is 3.22. The van der Waals surface area contributed by atoms with E-state index in [1.807, 2.05) is 0 Å². The Kier molecular flexibility index (Phi) is 7.04. The molecule has 2 N–H and O–H groups in total. The van der Waals surface area contributed by atoms with E-state index < -0.39 is 6.10 Å². The minimum Gasteiger partial charge on any atom is -0.392 e. The largest absolute Gasteiger partial charge is 0.392 e. The number of amides is 1. The smallest absolute Gasteiger partial charge is 0.238 e. The van der Waals surface area contributed by atoms with Gasteiger partial charge in [-0.05, 0) is 38.0 Å². The number of nitrogens with zero attached hydrogens (tertiary/aromatic N) is 2. The van der Waals surface area contributed by atoms with Gasteiger partial charge >= 0.3 is 0 Å². The molecular formula is C18H24ClN3O2. The van der Waals surface area contributed by atoms with Crippen LogP contribution in [0.1, 0.15) is 44.6 Å². The second-order valence-corrected chi connectivity index (χ2v) is 6.86. The summed E-state index contributed by atoms with van der Waals surface area (Å²) in [6, 6.07) is 7.17. The summed E-state index contributed by atoms with van der Waals surface area (Å²) >= 11 is 5.95. The summed E-state index contributed by atoms with van der Waals surface area (Å²) in [5, 5.41) is 22.1. The highest BCUT2D eigenvalue weighted by Crippen LogP contribution is 2.24. The van der Waals surface area contributed by atoms with Crippen LogP contribution in [0.2, 0.25) is 5.02 Å². The first kappa shape index (κ1) is 18.7. The zero-order chi connectivity index (χ0) is 17.5. The van der Waals surface area contributed by atoms with Crippen LogP contribution in [0.5, 0.6) is 0 Å². The third-order valence-electron chi connectivity index (χ3n) is 4.31. The molecule has 0 aliphatic heterocycles. The Morgan fingerprint density at radius 2 is 2.17 bits per heavy atom. The Labute approximate surface area is 148 Å². The maximum absolute atomic E-state index is 12.4. The Morgan fingerprint density at radius 3 is 2.79 bits per heavy atom. The Balaban J connectivity index is 2.04. The van der Waals surface area contributed by atoms with Crippen molar-refractivity contribution in [2.45, 2.75) is 51.2 Å². The molecule has 1 amide bonds. The molecule has 1 fully saturated rings. The van der Waals surface area contributed by atoms with Crippen LogP contribution in [0.15, 0.2) is 18.2 Å². The first-order valence-corrected chi connectivity index (χ1v) is 8.79. The van der Waals surface area contributed by atoms with E-state index in [-0.39, 0.29) is 12.5 Å². The van der Waals surface area contributed by atoms with Crippen LogP contribution in [0.3, 0.4) is 0 Å². The number of aliphatic hydroxyl groups is 1. The summed E-state index contributed by atoms with van der Waals surface area (Å²) in [7, 11) is 0. The van der Waals surface area contributed by atoms with Crippen molar-refractivity contribution in [3.8, 4) is 6.07 Å². The van der Waals surface area contributed by atoms with Gasteiger partial charge in [0.25, 0.3) is 0 Å². The summed E-state index contributed by atoms with van der Waals surface area (Å²) in [6.45, 7) is 2.41. The number of carbonyl (C=O) groups is 1. The predicted molar refractivity (Wildman–Crippen MR) is 94.9 cm³/mol. The van der Waals surface area contributed by atoms with E-state index in [9.17, 15) is 9.90 Å². The minimum atomic E-state index is -0.486. The molecule has 0 radical (unpaired) electrons. The number of halogens is 1. The molecule has 130 valence electrons. The van der Waals surface area contributed by atoms with Gasteiger partial charge in [0, 0.05) is 17.6 Å². The van der Waals surface area contributed by atoms with E-state index >= 15 is 0 Å². The van der Waals surface area contributed by atoms with Crippen molar-refractivity contribution in [1.29, 1.82) is 5.26 Å². The van der Waals surface area contributed by atoms with E-state index in [1.54, 1.807) is 25.1 Å². The van der Waals surface area contributed by atoms with Crippen molar-refractivity contribution in [3.05, 3.63) is 28.8 Å². The molecule has 0 bridgehead atoms. The van der Waals surface area contributed by atoms with Crippen LogP contribution in [0.25, 0.3) is 0 Å². The molecule has 5 nitrogen and oxygen atoms in total. The summed E-state index contributed by atoms with van der Waals surface area (Å²) in [6.07, 6.45) is 5.19. The molecule has 1 atom stereocenters. The molecule has 1 aromatic rings. The third kappa shape index (κ3) is 5.48. The number of hydrogen-bond donors (Lipinski definition) is 2. The first-order chi connectivity index (χ1) is 11.5. The van der Waals surface area contributed by atoms with Gasteiger partial charge in [0.05, 0.1) is 23.9 Å². The van der Waals surface area contributed by atoms with Crippen molar-refractivity contribution in [1.82, 2.24) is 4.90 Å². The van der Waals surface area contributed by atoms with Crippen molar-refractivity contribution in [3.63, 3.8) is 0 Å². The van der Waals surface area contributed by atoms with Gasteiger partial charge in [-0.25, -0.2) is 0 Å². The number of rotatable bonds is 6. The van der Waals surface area contributed by atoms with Crippen molar-refractivity contribution in [2.75, 3.05) is 18.4 Å². The van der Waals surface area contributed by atoms with E-state index in [1.165, 1.54) is 6.42 Å². The molecule has 24 heavy (non-hydrogen) atoms. The molecule has 1 aliphatic rings. The maximum atomic E-state index is 12.4. The van der Waals surface area contributed by atoms with Crippen LogP contribution in [0.4, 0.5) is 5.69 Å². The van der Waals surface area contributed by atoms with E-state index in [0.29, 0.717) is 28.9 Å². The molecule has 1 saturated carbocycles. The Bertz CT molecular complexity index is 607. The summed E-state index contributed by atoms with van der Waals surface area (Å²) in [5.41, 5.74) is 0.808. The van der Waals surface area contributed by atoms with Crippen molar-refractivity contribution < 1.29 is 9.90 Å². The lowest BCUT2D eigenvalue weighted by molar-refractivity contribution is -0.118. The maximum Gasteiger partial charge on any atom is 0.238 e. The van der Waals surface area contributed by atoms with Gasteiger partial charge in [-0.2, -0.15) is 5.26 Å². The predicted octanol–water partition coefficient (Wildman–Crippen LogP) is 3.17. The lowest BCUT2D eigenvalue weighted by atomic mass is 9.94. The van der Waals surface area contributed by atoms with Gasteiger partial charge in [0.2, 0.25) is 5.91 Å². The first-order valence-electron chi connectivity index (χ1n) is 8.41. The van der Waals surface area contributed by atoms with Gasteiger partial charge < -0.3 is 10.4 Å². The molecule has 2 rings (SSSR count). The van der Waals surface area contributed by atoms with Crippen LogP contribution in [0, 0.1) is 11.3 Å². The average molecular weight is 350 g/mol. The zero-order valence-corrected chi connectivity index (χ0v) is 14.7. The molecule has 1 aliphatic carbocycles. The molecule has 0 heterocycles. The second kappa shape index (κ2) is 9.03. The lowest BCUT2D eigenvalue weighted by Gasteiger charge is -2.34. The molecule has 1 aromatic carbocycles. The molecule has 6 heteroatoms. The lowest BCUT2D eigenvalue weighted by Crippen LogP contribution is -2.45. The van der Waals surface area contributed by atoms with Gasteiger partial charge in [0.1, 0.15) is 6.07 Å². The number of carbonyl (C=O) groups excluding carboxylic acids is 1. The minimum absolute atomic E-state index is 0.194. The Hall–Kier alpha value is -1.61. The molecule has 0 spiro atoms. The van der Waals surface area contributed by atoms with Gasteiger partial charge in [-0.15, -0.1) is 0 Å². The van der Waals surface area contributed by atoms with E-state index in [4.69, 9.17) is 16.9 Å². The van der Waals surface area contributed by atoms with Crippen molar-refractivity contribution in [2.24, 2.45) is 0 Å². The van der Waals surface area contributed by atoms with E-state index in [2.05, 4.69) is 16.3 Å². The SMILES string of the molecule is CC(O)CN(CC(=O)Nc1cc(Cl)ccc1C#N)C1CCCCC1. The zero-order valence-electron chi connectivity index (χ0n) is 14.0. The molecule has 0 aromatic heterocycles. The number of aliphatic hydroxyl groups excluding tert-OH is 1. The topological polar surface area (TPSA) is 76.4 Å². The summed E-state index contributed by atoms with van der Waals surface area (Å²) < 4.78 is 0. The molecule has 0 saturated heterocycles. The fourth-order valence-corrected chi connectivity index (χ4v) is 3.39.